The second kappa shape index (κ2) is 9.33. The molecule has 3 aromatic rings. The first-order chi connectivity index (χ1) is 15.9. The normalized spacial score (nSPS) is 17.8. The van der Waals surface area contributed by atoms with Crippen LogP contribution >= 0.6 is 0 Å². The average molecular weight is 541 g/mol. The summed E-state index contributed by atoms with van der Waals surface area (Å²) < 4.78 is 8.69. The zero-order valence-electron chi connectivity index (χ0n) is 18.8. The van der Waals surface area contributed by atoms with E-state index in [-0.39, 0.29) is 14.8 Å². The van der Waals surface area contributed by atoms with Crippen molar-refractivity contribution in [3.63, 3.8) is 0 Å². The Balaban J connectivity index is 1.75. The fraction of sp³-hybridized carbons (Fsp3) is 0.280. The van der Waals surface area contributed by atoms with Gasteiger partial charge in [0.15, 0.2) is 0 Å². The number of nitrogens with zero attached hydrogens (tertiary/aromatic N) is 4. The number of esters is 1. The fourth-order valence-corrected chi connectivity index (χ4v) is 6.85. The molecule has 7 nitrogen and oxygen atoms in total. The Bertz CT molecular complexity index is 1360. The molecule has 0 aliphatic carbocycles. The topological polar surface area (TPSA) is 88.2 Å². The van der Waals surface area contributed by atoms with Crippen LogP contribution in [0, 0.1) is 23.2 Å². The van der Waals surface area contributed by atoms with Crippen LogP contribution in [0.2, 0.25) is 7.85 Å². The summed E-state index contributed by atoms with van der Waals surface area (Å²) in [5.41, 5.74) is 2.87. The van der Waals surface area contributed by atoms with Crippen LogP contribution < -0.4 is 0 Å². The quantitative estimate of drug-likeness (QED) is 0.376. The number of ether oxygens (including phenoxy) is 1. The van der Waals surface area contributed by atoms with E-state index in [2.05, 4.69) is 27.7 Å². The van der Waals surface area contributed by atoms with E-state index in [4.69, 9.17) is 4.74 Å². The van der Waals surface area contributed by atoms with Gasteiger partial charge in [0.1, 0.15) is 0 Å². The molecule has 1 amide bonds. The van der Waals surface area contributed by atoms with E-state index < -0.39 is 28.9 Å². The molecule has 1 fully saturated rings. The van der Waals surface area contributed by atoms with Crippen LogP contribution in [0.4, 0.5) is 0 Å². The molecule has 1 aliphatic heterocycles. The van der Waals surface area contributed by atoms with Crippen molar-refractivity contribution in [3.05, 3.63) is 59.3 Å². The van der Waals surface area contributed by atoms with Crippen molar-refractivity contribution in [3.8, 4) is 23.6 Å². The van der Waals surface area contributed by atoms with Crippen LogP contribution in [0.25, 0.3) is 16.6 Å². The van der Waals surface area contributed by atoms with E-state index in [1.807, 2.05) is 31.3 Å². The van der Waals surface area contributed by atoms with Crippen molar-refractivity contribution in [2.24, 2.45) is 0 Å². The Morgan fingerprint density at radius 2 is 2.06 bits per heavy atom. The number of carbonyl (C=O) groups is 2. The van der Waals surface area contributed by atoms with E-state index >= 15 is 0 Å². The van der Waals surface area contributed by atoms with Crippen LogP contribution in [0.15, 0.2) is 42.5 Å². The molecular weight excluding hydrogens is 519 g/mol. The molecule has 0 bridgehead atoms. The number of rotatable bonds is 3. The van der Waals surface area contributed by atoms with Crippen LogP contribution in [0.1, 0.15) is 34.5 Å². The summed E-state index contributed by atoms with van der Waals surface area (Å²) in [5, 5.41) is 14.3. The van der Waals surface area contributed by atoms with Gasteiger partial charge in [-0.15, -0.1) is 0 Å². The third-order valence-corrected chi connectivity index (χ3v) is 11.0. The number of hydrogen-bond acceptors (Lipinski definition) is 5. The Morgan fingerprint density at radius 1 is 1.24 bits per heavy atom. The number of nitriles is 1. The molecule has 2 aromatic carbocycles. The molecule has 2 heterocycles. The molecule has 0 unspecified atom stereocenters. The molecule has 8 heteroatoms. The number of fused-ring (bicyclic) bond motifs is 1. The van der Waals surface area contributed by atoms with Crippen LogP contribution in [-0.2, 0) is 9.53 Å². The van der Waals surface area contributed by atoms with E-state index in [0.717, 1.165) is 24.2 Å². The van der Waals surface area contributed by atoms with E-state index in [0.29, 0.717) is 22.9 Å². The SMILES string of the molecule is COC(=O)c1nn(-c2cccc(C#C[C@]3([In][CH3])CCN(C)C(=O)C3)c2)c2ccc(C#N)cc12. The van der Waals surface area contributed by atoms with Gasteiger partial charge in [-0.2, -0.15) is 5.26 Å². The Hall–Kier alpha value is -3.23. The van der Waals surface area contributed by atoms with Crippen molar-refractivity contribution in [2.75, 3.05) is 20.7 Å². The fourth-order valence-electron chi connectivity index (χ4n) is 3.95. The zero-order chi connectivity index (χ0) is 23.6. The summed E-state index contributed by atoms with van der Waals surface area (Å²) in [6.07, 6.45) is 1.45. The minimum atomic E-state index is -1.02. The number of amides is 1. The van der Waals surface area contributed by atoms with Gasteiger partial charge in [-0.05, 0) is 0 Å². The van der Waals surface area contributed by atoms with E-state index in [1.165, 1.54) is 7.11 Å². The van der Waals surface area contributed by atoms with Crippen molar-refractivity contribution in [2.45, 2.75) is 20.7 Å². The molecule has 1 atom stereocenters. The number of methoxy groups -OCH3 is 1. The van der Waals surface area contributed by atoms with E-state index in [9.17, 15) is 14.9 Å². The molecule has 1 radical (unpaired) electrons. The molecule has 1 saturated heterocycles. The second-order valence-corrected chi connectivity index (χ2v) is 12.9. The average Bonchev–Trinajstić information content (AvgIpc) is 3.23. The number of piperidine rings is 1. The Labute approximate surface area is 203 Å². The molecule has 1 aromatic heterocycles. The van der Waals surface area contributed by atoms with Gasteiger partial charge >= 0.3 is 199 Å². The maximum atomic E-state index is 12.3. The number of carbonyl (C=O) groups excluding carboxylic acids is 2. The molecule has 163 valence electrons. The van der Waals surface area contributed by atoms with Gasteiger partial charge in [-0.3, -0.25) is 0 Å². The van der Waals surface area contributed by atoms with Crippen molar-refractivity contribution in [1.82, 2.24) is 14.7 Å². The first kappa shape index (κ1) is 22.9. The van der Waals surface area contributed by atoms with Gasteiger partial charge in [0.2, 0.25) is 0 Å². The maximum absolute atomic E-state index is 12.3. The van der Waals surface area contributed by atoms with Gasteiger partial charge in [0.25, 0.3) is 0 Å². The zero-order valence-corrected chi connectivity index (χ0v) is 22.0. The van der Waals surface area contributed by atoms with Gasteiger partial charge in [0.05, 0.1) is 0 Å². The van der Waals surface area contributed by atoms with Gasteiger partial charge in [-0.1, -0.05) is 0 Å². The molecule has 4 rings (SSSR count). The Morgan fingerprint density at radius 3 is 2.76 bits per heavy atom. The van der Waals surface area contributed by atoms with E-state index in [1.54, 1.807) is 27.8 Å². The van der Waals surface area contributed by atoms with Crippen molar-refractivity contribution in [1.29, 1.82) is 5.26 Å². The van der Waals surface area contributed by atoms with Gasteiger partial charge < -0.3 is 0 Å². The predicted octanol–water partition coefficient (Wildman–Crippen LogP) is 3.20. The van der Waals surface area contributed by atoms with Crippen LogP contribution in [0.3, 0.4) is 0 Å². The molecule has 1 aliphatic rings. The minimum absolute atomic E-state index is 0.126. The standard InChI is InChI=1S/C24H19N4O3.CH3.In/c1-27-11-10-17(14-22(27)29)7-6-16-4-3-5-19(12-16)28-21-9-8-18(15-25)13-20(21)23(26-28)24(30)31-2;;/h3-5,8-9,12-13H,10-11,14H2,1-2H3;1H3;. The summed E-state index contributed by atoms with van der Waals surface area (Å²) in [4.78, 5) is 26.4. The first-order valence-corrected chi connectivity index (χ1v) is 15.5. The van der Waals surface area contributed by atoms with Crippen LogP contribution in [-0.4, -0.2) is 70.2 Å². The molecule has 33 heavy (non-hydrogen) atoms. The second-order valence-electron chi connectivity index (χ2n) is 8.08. The summed E-state index contributed by atoms with van der Waals surface area (Å²) in [7, 11) is 3.15. The van der Waals surface area contributed by atoms with Crippen molar-refractivity contribution < 1.29 is 14.3 Å². The molecule has 0 spiro atoms. The van der Waals surface area contributed by atoms with Gasteiger partial charge in [-0.25, -0.2) is 0 Å². The third-order valence-electron chi connectivity index (χ3n) is 6.07. The number of hydrogen-bond donors (Lipinski definition) is 0. The van der Waals surface area contributed by atoms with Crippen LogP contribution in [0.5, 0.6) is 0 Å². The molecular formula is C25H22InN4O3. The summed E-state index contributed by atoms with van der Waals surface area (Å²) in [6, 6.07) is 14.9. The third kappa shape index (κ3) is 4.49. The predicted molar refractivity (Wildman–Crippen MR) is 125 cm³/mol. The number of aromatic nitrogens is 2. The summed E-state index contributed by atoms with van der Waals surface area (Å²) in [5.74, 6) is 6.38. The first-order valence-electron chi connectivity index (χ1n) is 10.6. The van der Waals surface area contributed by atoms with Crippen molar-refractivity contribution >= 4 is 45.7 Å². The summed E-state index contributed by atoms with van der Waals surface area (Å²) >= 11 is -1.02. The number of likely N-dealkylation sites (tertiary alicyclic amines) is 1. The van der Waals surface area contributed by atoms with Gasteiger partial charge in [0, 0.05) is 0 Å². The molecule has 0 saturated carbocycles. The molecule has 0 N–H and O–H groups in total. The number of benzene rings is 2. The summed E-state index contributed by atoms with van der Waals surface area (Å²) in [6.45, 7) is 0.757. The monoisotopic (exact) mass is 541 g/mol. The Kier molecular flexibility index (Phi) is 6.49.